The van der Waals surface area contributed by atoms with Crippen molar-refractivity contribution >= 4 is 24.2 Å². The van der Waals surface area contributed by atoms with Gasteiger partial charge >= 0.3 is 7.12 Å². The van der Waals surface area contributed by atoms with Gasteiger partial charge in [-0.1, -0.05) is 6.07 Å². The van der Waals surface area contributed by atoms with Gasteiger partial charge in [0.2, 0.25) is 5.91 Å². The highest BCUT2D eigenvalue weighted by atomic mass is 16.4. The standard InChI is InChI=1S/C12H16BNO3/c1-8-4-10(13(16)17)7-11(5-8)14-12(15)6-9-2-3-9/h4-5,7,9,16-17H,2-3,6H2,1H3,(H,14,15). The van der Waals surface area contributed by atoms with Crippen LogP contribution in [0.5, 0.6) is 0 Å². The van der Waals surface area contributed by atoms with Crippen LogP contribution in [0.2, 0.25) is 0 Å². The molecule has 1 aromatic carbocycles. The normalized spacial score (nSPS) is 14.5. The van der Waals surface area contributed by atoms with Crippen molar-refractivity contribution in [2.75, 3.05) is 5.32 Å². The monoisotopic (exact) mass is 233 g/mol. The van der Waals surface area contributed by atoms with Gasteiger partial charge in [-0.3, -0.25) is 4.79 Å². The van der Waals surface area contributed by atoms with Crippen molar-refractivity contribution in [1.82, 2.24) is 0 Å². The lowest BCUT2D eigenvalue weighted by atomic mass is 9.79. The number of aryl methyl sites for hydroxylation is 1. The second-order valence-corrected chi connectivity index (χ2v) is 4.70. The Hall–Kier alpha value is -1.33. The van der Waals surface area contributed by atoms with Crippen LogP contribution in [0.15, 0.2) is 18.2 Å². The molecule has 0 spiro atoms. The maximum atomic E-state index is 11.6. The summed E-state index contributed by atoms with van der Waals surface area (Å²) in [4.78, 5) is 11.6. The Kier molecular flexibility index (Phi) is 3.50. The zero-order chi connectivity index (χ0) is 12.4. The summed E-state index contributed by atoms with van der Waals surface area (Å²) < 4.78 is 0. The lowest BCUT2D eigenvalue weighted by Crippen LogP contribution is -2.30. The van der Waals surface area contributed by atoms with Crippen LogP contribution in [-0.4, -0.2) is 23.1 Å². The second-order valence-electron chi connectivity index (χ2n) is 4.70. The van der Waals surface area contributed by atoms with Crippen LogP contribution >= 0.6 is 0 Å². The number of hydrogen-bond acceptors (Lipinski definition) is 3. The fourth-order valence-corrected chi connectivity index (χ4v) is 1.83. The minimum atomic E-state index is -1.51. The van der Waals surface area contributed by atoms with Gasteiger partial charge in [-0.25, -0.2) is 0 Å². The summed E-state index contributed by atoms with van der Waals surface area (Å²) in [6, 6.07) is 5.08. The zero-order valence-electron chi connectivity index (χ0n) is 9.81. The Bertz CT molecular complexity index is 430. The molecule has 3 N–H and O–H groups in total. The van der Waals surface area contributed by atoms with Gasteiger partial charge in [-0.05, 0) is 48.8 Å². The molecule has 0 atom stereocenters. The van der Waals surface area contributed by atoms with E-state index in [-0.39, 0.29) is 5.91 Å². The quantitative estimate of drug-likeness (QED) is 0.660. The third-order valence-electron chi connectivity index (χ3n) is 2.85. The molecule has 0 saturated heterocycles. The molecule has 1 saturated carbocycles. The van der Waals surface area contributed by atoms with Gasteiger partial charge < -0.3 is 15.4 Å². The maximum absolute atomic E-state index is 11.6. The van der Waals surface area contributed by atoms with Gasteiger partial charge in [0.1, 0.15) is 0 Å². The van der Waals surface area contributed by atoms with Crippen LogP contribution in [0.3, 0.4) is 0 Å². The van der Waals surface area contributed by atoms with Crippen LogP contribution in [0, 0.1) is 12.8 Å². The molecule has 2 rings (SSSR count). The number of rotatable bonds is 4. The fraction of sp³-hybridized carbons (Fsp3) is 0.417. The fourth-order valence-electron chi connectivity index (χ4n) is 1.83. The van der Waals surface area contributed by atoms with Gasteiger partial charge in [-0.15, -0.1) is 0 Å². The van der Waals surface area contributed by atoms with Crippen LogP contribution in [0.4, 0.5) is 5.69 Å². The van der Waals surface area contributed by atoms with Crippen molar-refractivity contribution in [3.63, 3.8) is 0 Å². The molecule has 4 nitrogen and oxygen atoms in total. The molecule has 0 aliphatic heterocycles. The van der Waals surface area contributed by atoms with E-state index < -0.39 is 7.12 Å². The van der Waals surface area contributed by atoms with E-state index >= 15 is 0 Å². The van der Waals surface area contributed by atoms with Crippen molar-refractivity contribution in [2.24, 2.45) is 5.92 Å². The van der Waals surface area contributed by atoms with Gasteiger partial charge in [0.15, 0.2) is 0 Å². The van der Waals surface area contributed by atoms with E-state index in [0.29, 0.717) is 23.5 Å². The average Bonchev–Trinajstić information content (AvgIpc) is 3.00. The molecule has 0 aromatic heterocycles. The third kappa shape index (κ3) is 3.58. The van der Waals surface area contributed by atoms with E-state index in [1.807, 2.05) is 13.0 Å². The summed E-state index contributed by atoms with van der Waals surface area (Å²) in [6.45, 7) is 1.85. The highest BCUT2D eigenvalue weighted by molar-refractivity contribution is 6.58. The van der Waals surface area contributed by atoms with Crippen molar-refractivity contribution in [3.8, 4) is 0 Å². The predicted octanol–water partition coefficient (Wildman–Crippen LogP) is 0.413. The first-order chi connectivity index (χ1) is 8.04. The molecule has 0 unspecified atom stereocenters. The number of anilines is 1. The summed E-state index contributed by atoms with van der Waals surface area (Å²) in [5, 5.41) is 21.0. The van der Waals surface area contributed by atoms with Gasteiger partial charge in [0.05, 0.1) is 0 Å². The molecule has 1 fully saturated rings. The number of carbonyl (C=O) groups is 1. The van der Waals surface area contributed by atoms with Crippen LogP contribution < -0.4 is 10.8 Å². The Morgan fingerprint density at radius 3 is 2.71 bits per heavy atom. The minimum absolute atomic E-state index is 0.00326. The SMILES string of the molecule is Cc1cc(NC(=O)CC2CC2)cc(B(O)O)c1. The van der Waals surface area contributed by atoms with E-state index in [1.54, 1.807) is 12.1 Å². The summed E-state index contributed by atoms with van der Waals surface area (Å²) in [5.74, 6) is 0.541. The smallest absolute Gasteiger partial charge is 0.423 e. The molecule has 1 aliphatic rings. The first-order valence-electron chi connectivity index (χ1n) is 5.82. The molecule has 90 valence electrons. The largest absolute Gasteiger partial charge is 0.488 e. The molecule has 0 bridgehead atoms. The third-order valence-corrected chi connectivity index (χ3v) is 2.85. The van der Waals surface area contributed by atoms with Crippen LogP contribution in [0.1, 0.15) is 24.8 Å². The summed E-state index contributed by atoms with van der Waals surface area (Å²) in [6.07, 6.45) is 2.84. The van der Waals surface area contributed by atoms with E-state index in [1.165, 1.54) is 0 Å². The van der Waals surface area contributed by atoms with E-state index in [4.69, 9.17) is 10.0 Å². The molecule has 17 heavy (non-hydrogen) atoms. The van der Waals surface area contributed by atoms with Crippen LogP contribution in [-0.2, 0) is 4.79 Å². The summed E-state index contributed by atoms with van der Waals surface area (Å²) >= 11 is 0. The summed E-state index contributed by atoms with van der Waals surface area (Å²) in [5.41, 5.74) is 1.91. The van der Waals surface area contributed by atoms with Gasteiger partial charge in [0.25, 0.3) is 0 Å². The van der Waals surface area contributed by atoms with E-state index in [0.717, 1.165) is 18.4 Å². The lowest BCUT2D eigenvalue weighted by Gasteiger charge is -2.08. The predicted molar refractivity (Wildman–Crippen MR) is 67.0 cm³/mol. The zero-order valence-corrected chi connectivity index (χ0v) is 9.81. The number of carbonyl (C=O) groups excluding carboxylic acids is 1. The Balaban J connectivity index is 2.05. The number of benzene rings is 1. The molecule has 0 heterocycles. The Morgan fingerprint density at radius 2 is 2.12 bits per heavy atom. The number of nitrogens with one attached hydrogen (secondary N) is 1. The van der Waals surface area contributed by atoms with Crippen molar-refractivity contribution in [1.29, 1.82) is 0 Å². The highest BCUT2D eigenvalue weighted by Gasteiger charge is 2.24. The maximum Gasteiger partial charge on any atom is 0.488 e. The van der Waals surface area contributed by atoms with Gasteiger partial charge in [0, 0.05) is 12.1 Å². The lowest BCUT2D eigenvalue weighted by molar-refractivity contribution is -0.116. The van der Waals surface area contributed by atoms with Crippen LogP contribution in [0.25, 0.3) is 0 Å². The van der Waals surface area contributed by atoms with E-state index in [9.17, 15) is 4.79 Å². The van der Waals surface area contributed by atoms with E-state index in [2.05, 4.69) is 5.32 Å². The Labute approximate surface area is 101 Å². The molecule has 1 aliphatic carbocycles. The summed E-state index contributed by atoms with van der Waals surface area (Å²) in [7, 11) is -1.51. The average molecular weight is 233 g/mol. The number of amides is 1. The van der Waals surface area contributed by atoms with Crippen molar-refractivity contribution in [2.45, 2.75) is 26.2 Å². The van der Waals surface area contributed by atoms with Crippen molar-refractivity contribution < 1.29 is 14.8 Å². The molecule has 1 amide bonds. The minimum Gasteiger partial charge on any atom is -0.423 e. The first kappa shape index (κ1) is 12.1. The highest BCUT2D eigenvalue weighted by Crippen LogP contribution is 2.32. The molecule has 0 radical (unpaired) electrons. The second kappa shape index (κ2) is 4.90. The topological polar surface area (TPSA) is 69.6 Å². The molecular weight excluding hydrogens is 217 g/mol. The van der Waals surface area contributed by atoms with Gasteiger partial charge in [-0.2, -0.15) is 0 Å². The molecular formula is C12H16BNO3. The Morgan fingerprint density at radius 1 is 1.41 bits per heavy atom. The first-order valence-corrected chi connectivity index (χ1v) is 5.82. The molecule has 5 heteroatoms. The molecule has 1 aromatic rings. The number of hydrogen-bond donors (Lipinski definition) is 3. The van der Waals surface area contributed by atoms with Crippen molar-refractivity contribution in [3.05, 3.63) is 23.8 Å².